The van der Waals surface area contributed by atoms with Gasteiger partial charge in [0.1, 0.15) is 0 Å². The topological polar surface area (TPSA) is 54.4 Å². The maximum atomic E-state index is 12.2. The number of carbonyl (C=O) groups excluding carboxylic acids is 1. The van der Waals surface area contributed by atoms with E-state index in [4.69, 9.17) is 28.3 Å². The summed E-state index contributed by atoms with van der Waals surface area (Å²) in [6, 6.07) is 11.0. The lowest BCUT2D eigenvalue weighted by atomic mass is 9.99. The van der Waals surface area contributed by atoms with E-state index in [1.165, 1.54) is 24.3 Å². The predicted molar refractivity (Wildman–Crippen MR) is 77.9 cm³/mol. The third-order valence-corrected chi connectivity index (χ3v) is 3.22. The van der Waals surface area contributed by atoms with E-state index in [0.717, 1.165) is 0 Å². The maximum absolute atomic E-state index is 12.2. The summed E-state index contributed by atoms with van der Waals surface area (Å²) in [5.41, 5.74) is 0.942. The lowest BCUT2D eigenvalue weighted by Crippen LogP contribution is -2.09. The zero-order valence-corrected chi connectivity index (χ0v) is 11.8. The van der Waals surface area contributed by atoms with Crippen LogP contribution in [0.4, 0.5) is 0 Å². The molecule has 0 saturated carbocycles. The van der Waals surface area contributed by atoms with Crippen LogP contribution in [0.15, 0.2) is 42.5 Å². The number of rotatable bonds is 4. The second kappa shape index (κ2) is 6.07. The van der Waals surface area contributed by atoms with Gasteiger partial charge in [0.2, 0.25) is 0 Å². The van der Waals surface area contributed by atoms with Crippen molar-refractivity contribution in [1.82, 2.24) is 0 Å². The summed E-state index contributed by atoms with van der Waals surface area (Å²) in [6.45, 7) is 0. The van der Waals surface area contributed by atoms with Crippen LogP contribution in [0.3, 0.4) is 0 Å². The van der Waals surface area contributed by atoms with Gasteiger partial charge in [-0.2, -0.15) is 0 Å². The highest BCUT2D eigenvalue weighted by Crippen LogP contribution is 2.21. The summed E-state index contributed by atoms with van der Waals surface area (Å²) in [5.74, 6) is -1.29. The van der Waals surface area contributed by atoms with Crippen LogP contribution in [-0.4, -0.2) is 16.9 Å². The first-order valence-electron chi connectivity index (χ1n) is 5.78. The van der Waals surface area contributed by atoms with Gasteiger partial charge >= 0.3 is 5.97 Å². The second-order valence-corrected chi connectivity index (χ2v) is 5.09. The molecule has 2 rings (SSSR count). The van der Waals surface area contributed by atoms with Crippen LogP contribution in [0.1, 0.15) is 26.3 Å². The Morgan fingerprint density at radius 2 is 1.60 bits per heavy atom. The van der Waals surface area contributed by atoms with E-state index in [9.17, 15) is 9.59 Å². The third-order valence-electron chi connectivity index (χ3n) is 2.78. The van der Waals surface area contributed by atoms with Gasteiger partial charge in [0.25, 0.3) is 0 Å². The molecule has 0 fully saturated rings. The van der Waals surface area contributed by atoms with Gasteiger partial charge in [-0.15, -0.1) is 0 Å². The van der Waals surface area contributed by atoms with E-state index in [2.05, 4.69) is 0 Å². The van der Waals surface area contributed by atoms with Gasteiger partial charge in [0, 0.05) is 22.0 Å². The van der Waals surface area contributed by atoms with Gasteiger partial charge < -0.3 is 5.11 Å². The number of benzene rings is 2. The molecule has 0 bridgehead atoms. The van der Waals surface area contributed by atoms with Gasteiger partial charge in [-0.05, 0) is 29.8 Å². The molecule has 0 radical (unpaired) electrons. The number of carboxylic acid groups (broad SMARTS) is 1. The van der Waals surface area contributed by atoms with Gasteiger partial charge in [-0.3, -0.25) is 4.79 Å². The molecule has 0 aliphatic heterocycles. The quantitative estimate of drug-likeness (QED) is 0.864. The van der Waals surface area contributed by atoms with E-state index in [1.807, 2.05) is 0 Å². The van der Waals surface area contributed by atoms with Gasteiger partial charge in [-0.25, -0.2) is 4.79 Å². The first kappa shape index (κ1) is 14.6. The number of Topliss-reactive ketones (excluding diaryl/α,β-unsaturated/α-hetero) is 1. The molecule has 20 heavy (non-hydrogen) atoms. The monoisotopic (exact) mass is 308 g/mol. The van der Waals surface area contributed by atoms with Crippen molar-refractivity contribution in [2.24, 2.45) is 0 Å². The predicted octanol–water partition coefficient (Wildman–Crippen LogP) is 4.12. The Hall–Kier alpha value is -1.84. The maximum Gasteiger partial charge on any atom is 0.335 e. The molecule has 5 heteroatoms. The lowest BCUT2D eigenvalue weighted by molar-refractivity contribution is 0.0696. The summed E-state index contributed by atoms with van der Waals surface area (Å²) in [4.78, 5) is 23.3. The molecule has 0 heterocycles. The van der Waals surface area contributed by atoms with Crippen molar-refractivity contribution < 1.29 is 14.7 Å². The molecule has 2 aromatic carbocycles. The van der Waals surface area contributed by atoms with Crippen molar-refractivity contribution in [3.8, 4) is 0 Å². The number of halogens is 2. The van der Waals surface area contributed by atoms with Crippen molar-refractivity contribution >= 4 is 35.0 Å². The molecular formula is C15H10Cl2O3. The molecule has 0 saturated heterocycles. The van der Waals surface area contributed by atoms with E-state index in [1.54, 1.807) is 18.2 Å². The normalized spacial score (nSPS) is 10.3. The number of carbonyl (C=O) groups is 2. The molecule has 2 aromatic rings. The first-order valence-corrected chi connectivity index (χ1v) is 6.53. The molecule has 1 N–H and O–H groups in total. The summed E-state index contributed by atoms with van der Waals surface area (Å²) in [6.07, 6.45) is -0.0147. The number of hydrogen-bond acceptors (Lipinski definition) is 2. The Labute approximate surface area is 125 Å². The van der Waals surface area contributed by atoms with Gasteiger partial charge in [-0.1, -0.05) is 41.4 Å². The molecule has 0 amide bonds. The number of carboxylic acids is 1. The van der Waals surface area contributed by atoms with Crippen LogP contribution >= 0.6 is 23.2 Å². The highest BCUT2D eigenvalue weighted by atomic mass is 35.5. The van der Waals surface area contributed by atoms with Crippen LogP contribution in [0, 0.1) is 0 Å². The Morgan fingerprint density at radius 3 is 2.20 bits per heavy atom. The van der Waals surface area contributed by atoms with Crippen molar-refractivity contribution in [1.29, 1.82) is 0 Å². The molecular weight excluding hydrogens is 299 g/mol. The number of ketones is 1. The fourth-order valence-electron chi connectivity index (χ4n) is 1.87. The molecule has 0 spiro atoms. The van der Waals surface area contributed by atoms with Crippen LogP contribution in [0.2, 0.25) is 10.0 Å². The van der Waals surface area contributed by atoms with Gasteiger partial charge in [0.05, 0.1) is 5.56 Å². The Balaban J connectivity index is 2.30. The van der Waals surface area contributed by atoms with Gasteiger partial charge in [0.15, 0.2) is 5.78 Å². The highest BCUT2D eigenvalue weighted by Gasteiger charge is 2.14. The van der Waals surface area contributed by atoms with Crippen LogP contribution < -0.4 is 0 Å². The molecule has 3 nitrogen and oxygen atoms in total. The largest absolute Gasteiger partial charge is 0.478 e. The number of hydrogen-bond donors (Lipinski definition) is 1. The Kier molecular flexibility index (Phi) is 4.42. The molecule has 0 unspecified atom stereocenters. The summed E-state index contributed by atoms with van der Waals surface area (Å²) in [7, 11) is 0. The van der Waals surface area contributed by atoms with Crippen molar-refractivity contribution in [2.75, 3.05) is 0 Å². The lowest BCUT2D eigenvalue weighted by Gasteiger charge is -2.06. The average molecular weight is 309 g/mol. The Morgan fingerprint density at radius 1 is 1.00 bits per heavy atom. The smallest absolute Gasteiger partial charge is 0.335 e. The molecule has 102 valence electrons. The SMILES string of the molecule is O=C(Cc1ccccc1C(=O)O)c1cc(Cl)cc(Cl)c1. The summed E-state index contributed by atoms with van der Waals surface area (Å²) >= 11 is 11.7. The van der Waals surface area contributed by atoms with E-state index >= 15 is 0 Å². The average Bonchev–Trinajstić information content (AvgIpc) is 2.37. The zero-order valence-electron chi connectivity index (χ0n) is 10.3. The fourth-order valence-corrected chi connectivity index (χ4v) is 2.40. The van der Waals surface area contributed by atoms with Crippen LogP contribution in [-0.2, 0) is 6.42 Å². The summed E-state index contributed by atoms with van der Waals surface area (Å²) < 4.78 is 0. The molecule has 0 aliphatic rings. The minimum absolute atomic E-state index is 0.0147. The van der Waals surface area contributed by atoms with Crippen molar-refractivity contribution in [3.63, 3.8) is 0 Å². The standard InChI is InChI=1S/C15H10Cl2O3/c16-11-5-10(6-12(17)8-11)14(18)7-9-3-1-2-4-13(9)15(19)20/h1-6,8H,7H2,(H,19,20). The Bertz CT molecular complexity index is 660. The number of aromatic carboxylic acids is 1. The third kappa shape index (κ3) is 3.38. The molecule has 0 aromatic heterocycles. The van der Waals surface area contributed by atoms with E-state index < -0.39 is 5.97 Å². The van der Waals surface area contributed by atoms with Crippen LogP contribution in [0.5, 0.6) is 0 Å². The molecule has 0 atom stereocenters. The van der Waals surface area contributed by atoms with Crippen LogP contribution in [0.25, 0.3) is 0 Å². The zero-order chi connectivity index (χ0) is 14.7. The van der Waals surface area contributed by atoms with E-state index in [0.29, 0.717) is 21.2 Å². The summed E-state index contributed by atoms with van der Waals surface area (Å²) in [5, 5.41) is 9.82. The first-order chi connectivity index (χ1) is 9.47. The minimum atomic E-state index is -1.06. The fraction of sp³-hybridized carbons (Fsp3) is 0.0667. The van der Waals surface area contributed by atoms with E-state index in [-0.39, 0.29) is 17.8 Å². The molecule has 0 aliphatic carbocycles. The minimum Gasteiger partial charge on any atom is -0.478 e. The highest BCUT2D eigenvalue weighted by molar-refractivity contribution is 6.35. The second-order valence-electron chi connectivity index (χ2n) is 4.22. The van der Waals surface area contributed by atoms with Crippen molar-refractivity contribution in [2.45, 2.75) is 6.42 Å². The van der Waals surface area contributed by atoms with Crippen molar-refractivity contribution in [3.05, 3.63) is 69.2 Å².